The lowest BCUT2D eigenvalue weighted by Gasteiger charge is -2.27. The number of hydrogen-bond donors (Lipinski definition) is 0. The Kier molecular flexibility index (Phi) is 3.74. The van der Waals surface area contributed by atoms with Gasteiger partial charge in [-0.15, -0.1) is 23.5 Å². The van der Waals surface area contributed by atoms with Gasteiger partial charge in [0, 0.05) is 38.6 Å². The van der Waals surface area contributed by atoms with Crippen LogP contribution >= 0.6 is 47.0 Å². The average molecular weight is 224 g/mol. The normalized spacial score (nSPS) is 26.2. The highest BCUT2D eigenvalue weighted by atomic mass is 32.2. The van der Waals surface area contributed by atoms with Crippen LogP contribution in [0.3, 0.4) is 0 Å². The fourth-order valence-electron chi connectivity index (χ4n) is 0.852. The Morgan fingerprint density at radius 1 is 0.909 bits per heavy atom. The first-order valence-electron chi connectivity index (χ1n) is 3.84. The zero-order valence-electron chi connectivity index (χ0n) is 6.32. The third-order valence-electron chi connectivity index (χ3n) is 1.82. The van der Waals surface area contributed by atoms with Gasteiger partial charge < -0.3 is 0 Å². The summed E-state index contributed by atoms with van der Waals surface area (Å²) in [6, 6.07) is 0. The summed E-state index contributed by atoms with van der Waals surface area (Å²) in [5, 5.41) is 3.34. The first kappa shape index (κ1) is 8.97. The largest absolute Gasteiger partial charge is 0.160 e. The van der Waals surface area contributed by atoms with Gasteiger partial charge in [0.15, 0.2) is 0 Å². The lowest BCUT2D eigenvalue weighted by atomic mass is 10.5. The van der Waals surface area contributed by atoms with Gasteiger partial charge in [0.25, 0.3) is 0 Å². The topological polar surface area (TPSA) is 0 Å². The second kappa shape index (κ2) is 4.58. The predicted octanol–water partition coefficient (Wildman–Crippen LogP) is 2.64. The van der Waals surface area contributed by atoms with Crippen molar-refractivity contribution in [3.05, 3.63) is 0 Å². The van der Waals surface area contributed by atoms with E-state index in [1.54, 1.807) is 0 Å². The highest BCUT2D eigenvalue weighted by Gasteiger charge is 2.21. The standard InChI is InChI=1S/C7H12S4/c1-6(2-8-1)10-5-11-7-3-9-4-7/h6-7H,1-5H2. The van der Waals surface area contributed by atoms with Crippen LogP contribution in [-0.2, 0) is 0 Å². The molecule has 64 valence electrons. The van der Waals surface area contributed by atoms with Gasteiger partial charge in [0.05, 0.1) is 0 Å². The minimum Gasteiger partial charge on any atom is -0.160 e. The van der Waals surface area contributed by atoms with E-state index in [-0.39, 0.29) is 0 Å². The van der Waals surface area contributed by atoms with Crippen LogP contribution in [0.4, 0.5) is 0 Å². The first-order valence-corrected chi connectivity index (χ1v) is 8.24. The molecule has 2 fully saturated rings. The Morgan fingerprint density at radius 3 is 1.64 bits per heavy atom. The summed E-state index contributed by atoms with van der Waals surface area (Å²) in [7, 11) is 0. The van der Waals surface area contributed by atoms with Crippen molar-refractivity contribution in [2.24, 2.45) is 0 Å². The lowest BCUT2D eigenvalue weighted by Crippen LogP contribution is -2.23. The molecule has 0 aromatic carbocycles. The van der Waals surface area contributed by atoms with Crippen LogP contribution in [0.1, 0.15) is 0 Å². The molecule has 0 nitrogen and oxygen atoms in total. The number of rotatable bonds is 4. The fraction of sp³-hybridized carbons (Fsp3) is 1.00. The van der Waals surface area contributed by atoms with Crippen molar-refractivity contribution >= 4 is 47.0 Å². The van der Waals surface area contributed by atoms with E-state index in [1.807, 2.05) is 0 Å². The van der Waals surface area contributed by atoms with Gasteiger partial charge in [-0.25, -0.2) is 0 Å². The van der Waals surface area contributed by atoms with Gasteiger partial charge in [-0.1, -0.05) is 0 Å². The van der Waals surface area contributed by atoms with E-state index >= 15 is 0 Å². The molecule has 0 bridgehead atoms. The summed E-state index contributed by atoms with van der Waals surface area (Å²) in [6.07, 6.45) is 0. The highest BCUT2D eigenvalue weighted by Crippen LogP contribution is 2.35. The molecule has 0 amide bonds. The Hall–Kier alpha value is 1.40. The molecule has 0 saturated carbocycles. The number of thioether (sulfide) groups is 4. The van der Waals surface area contributed by atoms with Crippen molar-refractivity contribution in [2.45, 2.75) is 10.5 Å². The van der Waals surface area contributed by atoms with Crippen LogP contribution in [0.2, 0.25) is 0 Å². The maximum atomic E-state index is 2.17. The monoisotopic (exact) mass is 224 g/mol. The summed E-state index contributed by atoms with van der Waals surface area (Å²) in [5.41, 5.74) is 0. The highest BCUT2D eigenvalue weighted by molar-refractivity contribution is 8.19. The minimum atomic E-state index is 1.00. The molecule has 0 radical (unpaired) electrons. The van der Waals surface area contributed by atoms with E-state index in [4.69, 9.17) is 0 Å². The molecule has 0 atom stereocenters. The zero-order chi connectivity index (χ0) is 7.52. The Labute approximate surface area is 85.4 Å². The molecular formula is C7H12S4. The van der Waals surface area contributed by atoms with Crippen LogP contribution in [0, 0.1) is 0 Å². The molecule has 0 aromatic heterocycles. The van der Waals surface area contributed by atoms with Crippen molar-refractivity contribution in [2.75, 3.05) is 28.1 Å². The molecule has 2 aliphatic heterocycles. The Morgan fingerprint density at radius 2 is 1.36 bits per heavy atom. The Bertz CT molecular complexity index is 106. The lowest BCUT2D eigenvalue weighted by molar-refractivity contribution is 1.08. The van der Waals surface area contributed by atoms with Gasteiger partial charge in [0.1, 0.15) is 0 Å². The second-order valence-corrected chi connectivity index (χ2v) is 7.86. The molecule has 2 saturated heterocycles. The molecule has 0 unspecified atom stereocenters. The maximum absolute atomic E-state index is 2.17. The first-order chi connectivity index (χ1) is 5.45. The summed E-state index contributed by atoms with van der Waals surface area (Å²) >= 11 is 8.53. The van der Waals surface area contributed by atoms with Gasteiger partial charge in [0.2, 0.25) is 0 Å². The predicted molar refractivity (Wildman–Crippen MR) is 62.3 cm³/mol. The molecule has 0 N–H and O–H groups in total. The molecule has 0 spiro atoms. The second-order valence-electron chi connectivity index (χ2n) is 2.77. The van der Waals surface area contributed by atoms with Crippen molar-refractivity contribution < 1.29 is 0 Å². The molecular weight excluding hydrogens is 212 g/mol. The van der Waals surface area contributed by atoms with Crippen LogP contribution in [0.15, 0.2) is 0 Å². The third kappa shape index (κ3) is 2.68. The summed E-state index contributed by atoms with van der Waals surface area (Å²) in [6.45, 7) is 0. The van der Waals surface area contributed by atoms with Crippen molar-refractivity contribution in [3.63, 3.8) is 0 Å². The fourth-order valence-corrected chi connectivity index (χ4v) is 6.26. The molecule has 2 aliphatic rings. The molecule has 0 aliphatic carbocycles. The van der Waals surface area contributed by atoms with E-state index in [9.17, 15) is 0 Å². The molecule has 11 heavy (non-hydrogen) atoms. The zero-order valence-corrected chi connectivity index (χ0v) is 9.59. The maximum Gasteiger partial charge on any atom is 0.0398 e. The smallest absolute Gasteiger partial charge is 0.0398 e. The summed E-state index contributed by atoms with van der Waals surface area (Å²) in [4.78, 5) is 0. The third-order valence-corrected chi connectivity index (χ3v) is 7.92. The van der Waals surface area contributed by atoms with E-state index in [2.05, 4.69) is 47.0 Å². The Balaban J connectivity index is 1.46. The SMILES string of the molecule is C(SC1CSC1)SC1CSC1. The van der Waals surface area contributed by atoms with Crippen LogP contribution in [-0.4, -0.2) is 38.6 Å². The van der Waals surface area contributed by atoms with E-state index in [0.29, 0.717) is 0 Å². The molecule has 0 aromatic rings. The van der Waals surface area contributed by atoms with E-state index in [1.165, 1.54) is 28.1 Å². The average Bonchev–Trinajstić information content (AvgIpc) is 1.79. The number of hydrogen-bond acceptors (Lipinski definition) is 4. The van der Waals surface area contributed by atoms with E-state index in [0.717, 1.165) is 10.5 Å². The van der Waals surface area contributed by atoms with Crippen molar-refractivity contribution in [3.8, 4) is 0 Å². The van der Waals surface area contributed by atoms with Crippen LogP contribution in [0.25, 0.3) is 0 Å². The van der Waals surface area contributed by atoms with Gasteiger partial charge in [-0.2, -0.15) is 23.5 Å². The van der Waals surface area contributed by atoms with Crippen molar-refractivity contribution in [1.29, 1.82) is 0 Å². The quantitative estimate of drug-likeness (QED) is 0.673. The van der Waals surface area contributed by atoms with Crippen molar-refractivity contribution in [1.82, 2.24) is 0 Å². The van der Waals surface area contributed by atoms with E-state index < -0.39 is 0 Å². The van der Waals surface area contributed by atoms with Crippen LogP contribution < -0.4 is 0 Å². The minimum absolute atomic E-state index is 1.00. The van der Waals surface area contributed by atoms with Gasteiger partial charge >= 0.3 is 0 Å². The molecule has 2 rings (SSSR count). The van der Waals surface area contributed by atoms with Crippen LogP contribution in [0.5, 0.6) is 0 Å². The summed E-state index contributed by atoms with van der Waals surface area (Å²) in [5.74, 6) is 5.63. The summed E-state index contributed by atoms with van der Waals surface area (Å²) < 4.78 is 0. The molecule has 2 heterocycles. The van der Waals surface area contributed by atoms with Gasteiger partial charge in [-0.3, -0.25) is 0 Å². The van der Waals surface area contributed by atoms with Gasteiger partial charge in [-0.05, 0) is 0 Å². The molecule has 4 heteroatoms.